The highest BCUT2D eigenvalue weighted by Crippen LogP contribution is 2.24. The highest BCUT2D eigenvalue weighted by molar-refractivity contribution is 9.10. The molecule has 0 fully saturated rings. The molecule has 2 nitrogen and oxygen atoms in total. The van der Waals surface area contributed by atoms with Crippen LogP contribution in [0.25, 0.3) is 0 Å². The van der Waals surface area contributed by atoms with Crippen LogP contribution < -0.4 is 4.74 Å². The van der Waals surface area contributed by atoms with Gasteiger partial charge < -0.3 is 4.74 Å². The van der Waals surface area contributed by atoms with Crippen LogP contribution in [0.2, 0.25) is 0 Å². The molecule has 0 radical (unpaired) electrons. The highest BCUT2D eigenvalue weighted by atomic mass is 79.9. The van der Waals surface area contributed by atoms with Crippen LogP contribution in [-0.2, 0) is 0 Å². The minimum Gasteiger partial charge on any atom is -0.494 e. The van der Waals surface area contributed by atoms with E-state index in [9.17, 15) is 4.79 Å². The number of benzene rings is 1. The highest BCUT2D eigenvalue weighted by Gasteiger charge is 2.10. The number of carbonyl (C=O) groups is 1. The van der Waals surface area contributed by atoms with Crippen LogP contribution in [0.3, 0.4) is 0 Å². The first-order valence-electron chi connectivity index (χ1n) is 5.64. The van der Waals surface area contributed by atoms with Gasteiger partial charge in [-0.25, -0.2) is 0 Å². The summed E-state index contributed by atoms with van der Waals surface area (Å²) in [5.74, 6) is 0.984. The van der Waals surface area contributed by atoms with Crippen LogP contribution in [0.4, 0.5) is 0 Å². The van der Waals surface area contributed by atoms with Crippen molar-refractivity contribution in [2.24, 2.45) is 0 Å². The topological polar surface area (TPSA) is 26.3 Å². The fourth-order valence-corrected chi connectivity index (χ4v) is 2.03. The zero-order chi connectivity index (χ0) is 12.0. The molecule has 0 N–H and O–H groups in total. The number of hydrogen-bond acceptors (Lipinski definition) is 2. The van der Waals surface area contributed by atoms with Crippen molar-refractivity contribution in [3.8, 4) is 5.75 Å². The number of unbranched alkanes of at least 4 members (excludes halogenated alkanes) is 1. The third-order valence-corrected chi connectivity index (χ3v) is 2.97. The van der Waals surface area contributed by atoms with Crippen molar-refractivity contribution >= 4 is 21.7 Å². The second-order valence-corrected chi connectivity index (χ2v) is 4.46. The lowest BCUT2D eigenvalue weighted by Crippen LogP contribution is -2.00. The second-order valence-electron chi connectivity index (χ2n) is 3.60. The number of halogens is 1. The monoisotopic (exact) mass is 284 g/mol. The fraction of sp³-hybridized carbons (Fsp3) is 0.462. The number of ether oxygens (including phenoxy) is 1. The van der Waals surface area contributed by atoms with Gasteiger partial charge in [0.2, 0.25) is 0 Å². The van der Waals surface area contributed by atoms with E-state index >= 15 is 0 Å². The molecule has 0 aromatic heterocycles. The smallest absolute Gasteiger partial charge is 0.164 e. The van der Waals surface area contributed by atoms with Gasteiger partial charge in [-0.3, -0.25) is 4.79 Å². The number of ketones is 1. The summed E-state index contributed by atoms with van der Waals surface area (Å²) in [6.07, 6.45) is 2.60. The van der Waals surface area contributed by atoms with E-state index in [1.54, 1.807) is 0 Å². The Morgan fingerprint density at radius 2 is 2.12 bits per heavy atom. The minimum absolute atomic E-state index is 0.191. The molecule has 88 valence electrons. The van der Waals surface area contributed by atoms with Gasteiger partial charge in [0.1, 0.15) is 5.75 Å². The molecular weight excluding hydrogens is 268 g/mol. The molecule has 0 saturated carbocycles. The third kappa shape index (κ3) is 3.63. The van der Waals surface area contributed by atoms with Gasteiger partial charge in [-0.05, 0) is 47.5 Å². The Bertz CT molecular complexity index is 361. The molecule has 0 atom stereocenters. The fourth-order valence-electron chi connectivity index (χ4n) is 1.45. The average molecular weight is 285 g/mol. The van der Waals surface area contributed by atoms with E-state index < -0.39 is 0 Å². The van der Waals surface area contributed by atoms with Gasteiger partial charge in [0.15, 0.2) is 5.78 Å². The quantitative estimate of drug-likeness (QED) is 0.731. The molecule has 0 aliphatic heterocycles. The van der Waals surface area contributed by atoms with Crippen molar-refractivity contribution in [3.05, 3.63) is 28.2 Å². The van der Waals surface area contributed by atoms with Gasteiger partial charge in [0.25, 0.3) is 0 Å². The summed E-state index contributed by atoms with van der Waals surface area (Å²) in [5, 5.41) is 0. The molecule has 1 aromatic carbocycles. The van der Waals surface area contributed by atoms with Crippen molar-refractivity contribution in [3.63, 3.8) is 0 Å². The van der Waals surface area contributed by atoms with E-state index in [0.29, 0.717) is 13.0 Å². The number of carbonyl (C=O) groups excluding carboxylic acids is 1. The molecule has 1 aromatic rings. The van der Waals surface area contributed by atoms with E-state index in [1.165, 1.54) is 0 Å². The van der Waals surface area contributed by atoms with E-state index in [1.807, 2.05) is 25.1 Å². The standard InChI is InChI=1S/C13H17BrO2/c1-3-5-6-13(15)11-8-7-10(16-4-2)9-12(11)14/h7-9H,3-6H2,1-2H3. The van der Waals surface area contributed by atoms with Crippen LogP contribution in [0.1, 0.15) is 43.5 Å². The molecule has 0 spiro atoms. The Morgan fingerprint density at radius 1 is 1.38 bits per heavy atom. The molecule has 1 rings (SSSR count). The van der Waals surface area contributed by atoms with Crippen LogP contribution >= 0.6 is 15.9 Å². The van der Waals surface area contributed by atoms with E-state index in [0.717, 1.165) is 28.6 Å². The number of Topliss-reactive ketones (excluding diaryl/α,β-unsaturated/α-hetero) is 1. The predicted molar refractivity (Wildman–Crippen MR) is 69.2 cm³/mol. The lowest BCUT2D eigenvalue weighted by molar-refractivity contribution is 0.0979. The number of hydrogen-bond donors (Lipinski definition) is 0. The summed E-state index contributed by atoms with van der Waals surface area (Å²) in [6.45, 7) is 4.66. The molecular formula is C13H17BrO2. The summed E-state index contributed by atoms with van der Waals surface area (Å²) >= 11 is 3.41. The Labute approximate surface area is 105 Å². The normalized spacial score (nSPS) is 10.2. The van der Waals surface area contributed by atoms with Crippen molar-refractivity contribution in [2.45, 2.75) is 33.1 Å². The van der Waals surface area contributed by atoms with Gasteiger partial charge in [0, 0.05) is 16.5 Å². The molecule has 0 aliphatic carbocycles. The first-order chi connectivity index (χ1) is 7.69. The number of rotatable bonds is 6. The van der Waals surface area contributed by atoms with E-state index in [-0.39, 0.29) is 5.78 Å². The van der Waals surface area contributed by atoms with Gasteiger partial charge in [-0.1, -0.05) is 13.3 Å². The summed E-state index contributed by atoms with van der Waals surface area (Å²) in [5.41, 5.74) is 0.747. The van der Waals surface area contributed by atoms with Gasteiger partial charge in [0.05, 0.1) is 6.61 Å². The first-order valence-corrected chi connectivity index (χ1v) is 6.43. The van der Waals surface area contributed by atoms with E-state index in [4.69, 9.17) is 4.74 Å². The maximum Gasteiger partial charge on any atom is 0.164 e. The molecule has 0 bridgehead atoms. The third-order valence-electron chi connectivity index (χ3n) is 2.31. The second kappa shape index (κ2) is 6.69. The summed E-state index contributed by atoms with van der Waals surface area (Å²) in [7, 11) is 0. The lowest BCUT2D eigenvalue weighted by Gasteiger charge is -2.07. The zero-order valence-electron chi connectivity index (χ0n) is 9.75. The Kier molecular flexibility index (Phi) is 5.53. The molecule has 0 heterocycles. The molecule has 0 saturated heterocycles. The van der Waals surface area contributed by atoms with Crippen molar-refractivity contribution in [2.75, 3.05) is 6.61 Å². The first kappa shape index (κ1) is 13.2. The van der Waals surface area contributed by atoms with E-state index in [2.05, 4.69) is 22.9 Å². The summed E-state index contributed by atoms with van der Waals surface area (Å²) in [6, 6.07) is 5.52. The molecule has 0 amide bonds. The molecule has 16 heavy (non-hydrogen) atoms. The minimum atomic E-state index is 0.191. The van der Waals surface area contributed by atoms with Crippen LogP contribution in [0, 0.1) is 0 Å². The maximum absolute atomic E-state index is 11.8. The maximum atomic E-state index is 11.8. The Morgan fingerprint density at radius 3 is 2.69 bits per heavy atom. The van der Waals surface area contributed by atoms with Crippen molar-refractivity contribution in [1.29, 1.82) is 0 Å². The average Bonchev–Trinajstić information content (AvgIpc) is 2.26. The Hall–Kier alpha value is -0.830. The Balaban J connectivity index is 2.77. The van der Waals surface area contributed by atoms with Crippen molar-refractivity contribution < 1.29 is 9.53 Å². The summed E-state index contributed by atoms with van der Waals surface area (Å²) in [4.78, 5) is 11.8. The van der Waals surface area contributed by atoms with Gasteiger partial charge in [-0.2, -0.15) is 0 Å². The van der Waals surface area contributed by atoms with Crippen molar-refractivity contribution in [1.82, 2.24) is 0 Å². The van der Waals surface area contributed by atoms with Crippen LogP contribution in [0.5, 0.6) is 5.75 Å². The molecule has 0 unspecified atom stereocenters. The summed E-state index contributed by atoms with van der Waals surface area (Å²) < 4.78 is 6.18. The van der Waals surface area contributed by atoms with Crippen LogP contribution in [0.15, 0.2) is 22.7 Å². The molecule has 3 heteroatoms. The largest absolute Gasteiger partial charge is 0.494 e. The predicted octanol–water partition coefficient (Wildman–Crippen LogP) is 4.22. The SMILES string of the molecule is CCCCC(=O)c1ccc(OCC)cc1Br. The molecule has 0 aliphatic rings. The van der Waals surface area contributed by atoms with Gasteiger partial charge in [-0.15, -0.1) is 0 Å². The van der Waals surface area contributed by atoms with Gasteiger partial charge >= 0.3 is 0 Å². The lowest BCUT2D eigenvalue weighted by atomic mass is 10.1. The zero-order valence-corrected chi connectivity index (χ0v) is 11.3. The van der Waals surface area contributed by atoms with Crippen LogP contribution in [-0.4, -0.2) is 12.4 Å².